The van der Waals surface area contributed by atoms with E-state index in [2.05, 4.69) is 4.99 Å². The van der Waals surface area contributed by atoms with Crippen molar-refractivity contribution in [3.8, 4) is 5.75 Å². The summed E-state index contributed by atoms with van der Waals surface area (Å²) in [5.74, 6) is -0.311. The molecule has 5 rings (SSSR count). The molecule has 1 heterocycles. The highest BCUT2D eigenvalue weighted by Crippen LogP contribution is 2.30. The van der Waals surface area contributed by atoms with Crippen LogP contribution in [0.15, 0.2) is 113 Å². The summed E-state index contributed by atoms with van der Waals surface area (Å²) in [4.78, 5) is 29.1. The van der Waals surface area contributed by atoms with Gasteiger partial charge in [0.15, 0.2) is 0 Å². The molecular formula is C33H29ClN4O4. The number of hydrazone groups is 1. The van der Waals surface area contributed by atoms with Crippen molar-refractivity contribution < 1.29 is 19.1 Å². The van der Waals surface area contributed by atoms with Crippen LogP contribution in [0.25, 0.3) is 0 Å². The van der Waals surface area contributed by atoms with Crippen LogP contribution >= 0.6 is 11.6 Å². The van der Waals surface area contributed by atoms with Crippen LogP contribution in [0.1, 0.15) is 50.2 Å². The molecule has 0 spiro atoms. The van der Waals surface area contributed by atoms with Gasteiger partial charge in [0.2, 0.25) is 5.96 Å². The molecule has 0 bridgehead atoms. The van der Waals surface area contributed by atoms with Crippen molar-refractivity contribution in [2.75, 3.05) is 13.2 Å². The van der Waals surface area contributed by atoms with Crippen molar-refractivity contribution in [3.63, 3.8) is 0 Å². The van der Waals surface area contributed by atoms with Crippen LogP contribution in [-0.4, -0.2) is 41.7 Å². The van der Waals surface area contributed by atoms with E-state index < -0.39 is 5.91 Å². The topological polar surface area (TPSA) is 107 Å². The second-order valence-corrected chi connectivity index (χ2v) is 9.94. The third-order valence-corrected chi connectivity index (χ3v) is 7.00. The van der Waals surface area contributed by atoms with Crippen molar-refractivity contribution in [2.45, 2.75) is 19.4 Å². The van der Waals surface area contributed by atoms with Crippen molar-refractivity contribution in [3.05, 3.63) is 136 Å². The monoisotopic (exact) mass is 580 g/mol. The van der Waals surface area contributed by atoms with Crippen molar-refractivity contribution in [2.24, 2.45) is 15.8 Å². The number of rotatable bonds is 8. The largest absolute Gasteiger partial charge is 0.489 e. The number of nitrogens with zero attached hydrogens (tertiary/aromatic N) is 3. The Morgan fingerprint density at radius 2 is 1.64 bits per heavy atom. The van der Waals surface area contributed by atoms with Crippen LogP contribution in [0.2, 0.25) is 5.02 Å². The van der Waals surface area contributed by atoms with E-state index in [4.69, 9.17) is 31.9 Å². The summed E-state index contributed by atoms with van der Waals surface area (Å²) in [5, 5.41) is 6.86. The highest BCUT2D eigenvalue weighted by atomic mass is 35.5. The first-order valence-corrected chi connectivity index (χ1v) is 13.8. The first-order chi connectivity index (χ1) is 20.4. The molecule has 2 N–H and O–H groups in total. The minimum atomic E-state index is -0.477. The molecule has 4 aromatic rings. The highest BCUT2D eigenvalue weighted by molar-refractivity contribution is 6.30. The van der Waals surface area contributed by atoms with Crippen molar-refractivity contribution >= 4 is 35.1 Å². The summed E-state index contributed by atoms with van der Waals surface area (Å²) >= 11 is 5.94. The SMILES string of the molecule is CCOC(=O)c1ccccc1COc1ccc(C2=NN(C(N)=NC(=O)c3ccc(Cl)cc3)CC2c2ccccc2)cc1. The third kappa shape index (κ3) is 6.67. The molecule has 9 heteroatoms. The fraction of sp³-hybridized carbons (Fsp3) is 0.152. The zero-order valence-electron chi connectivity index (χ0n) is 22.9. The summed E-state index contributed by atoms with van der Waals surface area (Å²) in [6.45, 7) is 2.71. The number of esters is 1. The zero-order valence-corrected chi connectivity index (χ0v) is 23.7. The van der Waals surface area contributed by atoms with Gasteiger partial charge in [0.25, 0.3) is 5.91 Å². The molecule has 8 nitrogen and oxygen atoms in total. The van der Waals surface area contributed by atoms with Crippen molar-refractivity contribution in [1.29, 1.82) is 0 Å². The molecule has 0 saturated carbocycles. The van der Waals surface area contributed by atoms with Gasteiger partial charge in [-0.15, -0.1) is 0 Å². The summed E-state index contributed by atoms with van der Waals surface area (Å²) in [6.07, 6.45) is 0. The second-order valence-electron chi connectivity index (χ2n) is 9.50. The smallest absolute Gasteiger partial charge is 0.338 e. The quantitative estimate of drug-likeness (QED) is 0.154. The van der Waals surface area contributed by atoms with E-state index in [1.807, 2.05) is 66.7 Å². The number of hydrogen-bond acceptors (Lipinski definition) is 5. The number of nitrogens with two attached hydrogens (primary N) is 1. The van der Waals surface area contributed by atoms with E-state index >= 15 is 0 Å². The molecule has 0 saturated heterocycles. The molecule has 0 radical (unpaired) electrons. The van der Waals surface area contributed by atoms with E-state index in [-0.39, 0.29) is 24.5 Å². The van der Waals surface area contributed by atoms with E-state index in [9.17, 15) is 9.59 Å². The molecule has 1 amide bonds. The van der Waals surface area contributed by atoms with E-state index in [1.54, 1.807) is 48.3 Å². The zero-order chi connectivity index (χ0) is 29.5. The minimum Gasteiger partial charge on any atom is -0.489 e. The van der Waals surface area contributed by atoms with Gasteiger partial charge in [-0.05, 0) is 72.6 Å². The van der Waals surface area contributed by atoms with Gasteiger partial charge in [-0.3, -0.25) is 4.79 Å². The number of hydrogen-bond donors (Lipinski definition) is 1. The predicted octanol–water partition coefficient (Wildman–Crippen LogP) is 6.05. The molecule has 1 atom stereocenters. The summed E-state index contributed by atoms with van der Waals surface area (Å²) in [7, 11) is 0. The lowest BCUT2D eigenvalue weighted by atomic mass is 9.90. The van der Waals surface area contributed by atoms with Gasteiger partial charge in [0, 0.05) is 22.1 Å². The Morgan fingerprint density at radius 3 is 2.36 bits per heavy atom. The molecule has 0 fully saturated rings. The number of ether oxygens (including phenoxy) is 2. The normalized spacial score (nSPS) is 14.8. The van der Waals surface area contributed by atoms with Gasteiger partial charge < -0.3 is 15.2 Å². The Kier molecular flexibility index (Phi) is 8.94. The lowest BCUT2D eigenvalue weighted by Crippen LogP contribution is -2.33. The number of amides is 1. The summed E-state index contributed by atoms with van der Waals surface area (Å²) < 4.78 is 11.2. The van der Waals surface area contributed by atoms with E-state index in [0.717, 1.165) is 22.4 Å². The maximum absolute atomic E-state index is 12.7. The second kappa shape index (κ2) is 13.1. The number of carbonyl (C=O) groups is 2. The first-order valence-electron chi connectivity index (χ1n) is 13.5. The fourth-order valence-corrected chi connectivity index (χ4v) is 4.73. The Hall–Kier alpha value is -4.95. The van der Waals surface area contributed by atoms with E-state index in [0.29, 0.717) is 35.1 Å². The maximum atomic E-state index is 12.7. The minimum absolute atomic E-state index is 0.00565. The Balaban J connectivity index is 1.35. The molecule has 0 aromatic heterocycles. The number of carbonyl (C=O) groups excluding carboxylic acids is 2. The number of guanidine groups is 1. The van der Waals surface area contributed by atoms with Gasteiger partial charge in [0.05, 0.1) is 24.4 Å². The lowest BCUT2D eigenvalue weighted by Gasteiger charge is -2.16. The number of halogens is 1. The summed E-state index contributed by atoms with van der Waals surface area (Å²) in [6, 6.07) is 31.2. The van der Waals surface area contributed by atoms with Gasteiger partial charge in [-0.25, -0.2) is 9.80 Å². The van der Waals surface area contributed by atoms with Gasteiger partial charge in [0.1, 0.15) is 12.4 Å². The molecule has 1 aliphatic rings. The van der Waals surface area contributed by atoms with Crippen LogP contribution < -0.4 is 10.5 Å². The fourth-order valence-electron chi connectivity index (χ4n) is 4.61. The molecule has 1 aliphatic heterocycles. The van der Waals surface area contributed by atoms with Crippen LogP contribution in [0, 0.1) is 0 Å². The Labute approximate surface area is 249 Å². The Morgan fingerprint density at radius 1 is 0.952 bits per heavy atom. The first kappa shape index (κ1) is 28.6. The highest BCUT2D eigenvalue weighted by Gasteiger charge is 2.31. The van der Waals surface area contributed by atoms with Gasteiger partial charge in [-0.2, -0.15) is 10.1 Å². The lowest BCUT2D eigenvalue weighted by molar-refractivity contribution is 0.0523. The summed E-state index contributed by atoms with van der Waals surface area (Å²) in [5.41, 5.74) is 10.6. The van der Waals surface area contributed by atoms with E-state index in [1.165, 1.54) is 0 Å². The average Bonchev–Trinajstić information content (AvgIpc) is 3.47. The van der Waals surface area contributed by atoms with Crippen LogP contribution in [0.3, 0.4) is 0 Å². The molecule has 212 valence electrons. The molecule has 1 unspecified atom stereocenters. The third-order valence-electron chi connectivity index (χ3n) is 6.74. The molecule has 42 heavy (non-hydrogen) atoms. The molecule has 0 aliphatic carbocycles. The number of aliphatic imine (C=N–C) groups is 1. The average molecular weight is 581 g/mol. The predicted molar refractivity (Wildman–Crippen MR) is 163 cm³/mol. The Bertz CT molecular complexity index is 1620. The standard InChI is InChI=1S/C33H29ClN4O4/c1-2-41-32(40)28-11-7-6-10-25(28)21-42-27-18-14-23(15-19-27)30-29(22-8-4-3-5-9-22)20-38(37-30)33(35)36-31(39)24-12-16-26(34)17-13-24/h3-19,29H,2,20-21H2,1H3,(H2,35,36,39). The molecule has 4 aromatic carbocycles. The number of benzene rings is 4. The maximum Gasteiger partial charge on any atom is 0.338 e. The van der Waals surface area contributed by atoms with Crippen molar-refractivity contribution in [1.82, 2.24) is 5.01 Å². The molecular weight excluding hydrogens is 552 g/mol. The van der Waals surface area contributed by atoms with Gasteiger partial charge in [-0.1, -0.05) is 60.1 Å². The van der Waals surface area contributed by atoms with Crippen LogP contribution in [-0.2, 0) is 11.3 Å². The van der Waals surface area contributed by atoms with Crippen LogP contribution in [0.5, 0.6) is 5.75 Å². The van der Waals surface area contributed by atoms with Crippen LogP contribution in [0.4, 0.5) is 0 Å². The van der Waals surface area contributed by atoms with Gasteiger partial charge >= 0.3 is 5.97 Å².